The van der Waals surface area contributed by atoms with Crippen LogP contribution in [0.4, 0.5) is 5.69 Å². The number of rotatable bonds is 4. The second-order valence-electron chi connectivity index (χ2n) is 3.21. The third-order valence-corrected chi connectivity index (χ3v) is 2.03. The van der Waals surface area contributed by atoms with Crippen molar-refractivity contribution in [2.24, 2.45) is 0 Å². The Hall–Kier alpha value is -2.30. The van der Waals surface area contributed by atoms with Crippen LogP contribution < -0.4 is 10.1 Å². The number of carboxylic acids is 1. The van der Waals surface area contributed by atoms with E-state index < -0.39 is 5.97 Å². The summed E-state index contributed by atoms with van der Waals surface area (Å²) in [6, 6.07) is 4.43. The zero-order valence-corrected chi connectivity index (χ0v) is 9.56. The molecular weight excluding hydrogens is 222 g/mol. The normalized spacial score (nSPS) is 10.2. The smallest absolute Gasteiger partial charge is 0.337 e. The van der Waals surface area contributed by atoms with Crippen LogP contribution in [-0.4, -0.2) is 24.1 Å². The van der Waals surface area contributed by atoms with Gasteiger partial charge in [-0.25, -0.2) is 4.79 Å². The molecule has 5 nitrogen and oxygen atoms in total. The average molecular weight is 235 g/mol. The van der Waals surface area contributed by atoms with Gasteiger partial charge in [-0.05, 0) is 31.2 Å². The number of allylic oxidation sites excluding steroid dienone is 1. The molecule has 0 fully saturated rings. The lowest BCUT2D eigenvalue weighted by Crippen LogP contribution is -2.12. The Morgan fingerprint density at radius 1 is 1.41 bits per heavy atom. The second-order valence-corrected chi connectivity index (χ2v) is 3.21. The van der Waals surface area contributed by atoms with E-state index in [2.05, 4.69) is 5.32 Å². The first-order valence-corrected chi connectivity index (χ1v) is 4.93. The van der Waals surface area contributed by atoms with Gasteiger partial charge in [0, 0.05) is 0 Å². The molecule has 0 aliphatic rings. The molecule has 1 amide bonds. The van der Waals surface area contributed by atoms with Crippen molar-refractivity contribution in [3.8, 4) is 5.75 Å². The summed E-state index contributed by atoms with van der Waals surface area (Å²) in [7, 11) is 1.44. The van der Waals surface area contributed by atoms with E-state index in [4.69, 9.17) is 9.84 Å². The number of carbonyl (C=O) groups is 2. The maximum Gasteiger partial charge on any atom is 0.337 e. The van der Waals surface area contributed by atoms with E-state index in [1.54, 1.807) is 19.1 Å². The summed E-state index contributed by atoms with van der Waals surface area (Å²) < 4.78 is 4.92. The van der Waals surface area contributed by atoms with Gasteiger partial charge in [-0.15, -0.1) is 0 Å². The molecule has 1 aromatic rings. The molecule has 0 radical (unpaired) electrons. The van der Waals surface area contributed by atoms with Crippen LogP contribution in [0.5, 0.6) is 5.75 Å². The molecule has 0 atom stereocenters. The van der Waals surface area contributed by atoms with Crippen molar-refractivity contribution in [3.63, 3.8) is 0 Å². The predicted octanol–water partition coefficient (Wildman–Crippen LogP) is 1.91. The minimum Gasteiger partial charge on any atom is -0.497 e. The molecule has 5 heteroatoms. The van der Waals surface area contributed by atoms with E-state index >= 15 is 0 Å². The number of hydrogen-bond acceptors (Lipinski definition) is 3. The highest BCUT2D eigenvalue weighted by Crippen LogP contribution is 2.22. The first kappa shape index (κ1) is 12.8. The molecule has 0 spiro atoms. The molecule has 17 heavy (non-hydrogen) atoms. The Morgan fingerprint density at radius 2 is 2.12 bits per heavy atom. The van der Waals surface area contributed by atoms with Gasteiger partial charge >= 0.3 is 5.97 Å². The maximum atomic E-state index is 11.3. The molecule has 90 valence electrons. The Bertz CT molecular complexity index is 466. The van der Waals surface area contributed by atoms with Gasteiger partial charge in [-0.1, -0.05) is 6.08 Å². The third-order valence-electron chi connectivity index (χ3n) is 2.03. The summed E-state index contributed by atoms with van der Waals surface area (Å²) in [5.41, 5.74) is 0.226. The lowest BCUT2D eigenvalue weighted by atomic mass is 10.1. The zero-order chi connectivity index (χ0) is 12.8. The number of aromatic carboxylic acids is 1. The number of carboxylic acid groups (broad SMARTS) is 1. The van der Waals surface area contributed by atoms with Gasteiger partial charge in [0.05, 0.1) is 18.4 Å². The summed E-state index contributed by atoms with van der Waals surface area (Å²) in [5.74, 6) is -1.08. The molecule has 0 heterocycles. The van der Waals surface area contributed by atoms with E-state index in [0.29, 0.717) is 5.75 Å². The van der Waals surface area contributed by atoms with Crippen LogP contribution in [0.3, 0.4) is 0 Å². The monoisotopic (exact) mass is 235 g/mol. The summed E-state index contributed by atoms with van der Waals surface area (Å²) >= 11 is 0. The molecule has 1 rings (SSSR count). The molecule has 0 aliphatic carbocycles. The lowest BCUT2D eigenvalue weighted by molar-refractivity contribution is -0.111. The number of carbonyl (C=O) groups excluding carboxylic acids is 1. The molecule has 0 aliphatic heterocycles. The molecule has 0 saturated carbocycles. The molecule has 0 bridgehead atoms. The van der Waals surface area contributed by atoms with Gasteiger partial charge in [0.15, 0.2) is 0 Å². The number of amides is 1. The van der Waals surface area contributed by atoms with Crippen LogP contribution in [0.15, 0.2) is 30.4 Å². The van der Waals surface area contributed by atoms with E-state index in [1.165, 1.54) is 25.3 Å². The van der Waals surface area contributed by atoms with Crippen molar-refractivity contribution in [1.29, 1.82) is 0 Å². The minimum atomic E-state index is -1.13. The van der Waals surface area contributed by atoms with Crippen molar-refractivity contribution in [2.75, 3.05) is 12.4 Å². The number of benzene rings is 1. The summed E-state index contributed by atoms with van der Waals surface area (Å²) in [4.78, 5) is 22.3. The van der Waals surface area contributed by atoms with E-state index in [-0.39, 0.29) is 17.2 Å². The molecular formula is C12H13NO4. The Labute approximate surface area is 98.7 Å². The topological polar surface area (TPSA) is 75.6 Å². The van der Waals surface area contributed by atoms with Crippen LogP contribution in [0, 0.1) is 0 Å². The number of methoxy groups -OCH3 is 1. The highest BCUT2D eigenvalue weighted by Gasteiger charge is 2.12. The zero-order valence-electron chi connectivity index (χ0n) is 9.56. The van der Waals surface area contributed by atoms with Crippen molar-refractivity contribution in [3.05, 3.63) is 35.9 Å². The number of anilines is 1. The first-order chi connectivity index (χ1) is 8.08. The Balaban J connectivity index is 3.06. The van der Waals surface area contributed by atoms with Gasteiger partial charge < -0.3 is 15.2 Å². The largest absolute Gasteiger partial charge is 0.497 e. The van der Waals surface area contributed by atoms with E-state index in [1.807, 2.05) is 0 Å². The third kappa shape index (κ3) is 3.34. The molecule has 0 saturated heterocycles. The molecule has 0 aromatic heterocycles. The number of hydrogen-bond donors (Lipinski definition) is 2. The highest BCUT2D eigenvalue weighted by atomic mass is 16.5. The van der Waals surface area contributed by atoms with Gasteiger partial charge in [0.2, 0.25) is 5.91 Å². The van der Waals surface area contributed by atoms with Crippen LogP contribution >= 0.6 is 0 Å². The van der Waals surface area contributed by atoms with Crippen LogP contribution in [0.2, 0.25) is 0 Å². The maximum absolute atomic E-state index is 11.3. The van der Waals surface area contributed by atoms with Crippen LogP contribution in [0.25, 0.3) is 0 Å². The number of nitrogens with one attached hydrogen (secondary N) is 1. The Kier molecular flexibility index (Phi) is 4.28. The molecule has 2 N–H and O–H groups in total. The fourth-order valence-electron chi connectivity index (χ4n) is 1.26. The van der Waals surface area contributed by atoms with Gasteiger partial charge in [0.25, 0.3) is 0 Å². The standard InChI is InChI=1S/C12H13NO4/c1-3-4-11(14)13-10-6-5-8(17-2)7-9(10)12(15)16/h3-7H,1-2H3,(H,13,14)(H,15,16)/b4-3+. The van der Waals surface area contributed by atoms with Crippen molar-refractivity contribution < 1.29 is 19.4 Å². The first-order valence-electron chi connectivity index (χ1n) is 4.93. The van der Waals surface area contributed by atoms with Gasteiger partial charge in [-0.3, -0.25) is 4.79 Å². The summed E-state index contributed by atoms with van der Waals surface area (Å²) in [6.45, 7) is 1.70. The van der Waals surface area contributed by atoms with Crippen molar-refractivity contribution in [2.45, 2.75) is 6.92 Å². The second kappa shape index (κ2) is 5.69. The van der Waals surface area contributed by atoms with E-state index in [9.17, 15) is 9.59 Å². The Morgan fingerprint density at radius 3 is 2.65 bits per heavy atom. The quantitative estimate of drug-likeness (QED) is 0.781. The van der Waals surface area contributed by atoms with Gasteiger partial charge in [0.1, 0.15) is 5.75 Å². The summed E-state index contributed by atoms with van der Waals surface area (Å²) in [6.07, 6.45) is 2.88. The van der Waals surface area contributed by atoms with Gasteiger partial charge in [-0.2, -0.15) is 0 Å². The number of ether oxygens (including phenoxy) is 1. The molecule has 1 aromatic carbocycles. The van der Waals surface area contributed by atoms with Crippen molar-refractivity contribution in [1.82, 2.24) is 0 Å². The fourth-order valence-corrected chi connectivity index (χ4v) is 1.26. The average Bonchev–Trinajstić information content (AvgIpc) is 2.29. The molecule has 0 unspecified atom stereocenters. The van der Waals surface area contributed by atoms with Crippen LogP contribution in [0.1, 0.15) is 17.3 Å². The fraction of sp³-hybridized carbons (Fsp3) is 0.167. The minimum absolute atomic E-state index is 0.0118. The van der Waals surface area contributed by atoms with Crippen molar-refractivity contribution >= 4 is 17.6 Å². The SMILES string of the molecule is C/C=C/C(=O)Nc1ccc(OC)cc1C(=O)O. The van der Waals surface area contributed by atoms with Crippen LogP contribution in [-0.2, 0) is 4.79 Å². The lowest BCUT2D eigenvalue weighted by Gasteiger charge is -2.08. The summed E-state index contributed by atoms with van der Waals surface area (Å²) in [5, 5.41) is 11.5. The predicted molar refractivity (Wildman–Crippen MR) is 63.4 cm³/mol. The van der Waals surface area contributed by atoms with E-state index in [0.717, 1.165) is 0 Å². The highest BCUT2D eigenvalue weighted by molar-refractivity contribution is 6.04.